The minimum atomic E-state index is -0.414. The maximum atomic E-state index is 12.2. The van der Waals surface area contributed by atoms with Crippen LogP contribution < -0.4 is 5.73 Å². The molecule has 2 N–H and O–H groups in total. The first-order valence-electron chi connectivity index (χ1n) is 8.45. The maximum absolute atomic E-state index is 12.2. The zero-order valence-electron chi connectivity index (χ0n) is 14.3. The summed E-state index contributed by atoms with van der Waals surface area (Å²) < 4.78 is 0. The summed E-state index contributed by atoms with van der Waals surface area (Å²) in [5.74, 6) is -0.142. The van der Waals surface area contributed by atoms with E-state index in [1.165, 1.54) is 27.8 Å². The van der Waals surface area contributed by atoms with Crippen LogP contribution in [-0.4, -0.2) is 5.91 Å². The molecule has 1 fully saturated rings. The fourth-order valence-electron chi connectivity index (χ4n) is 3.78. The van der Waals surface area contributed by atoms with E-state index in [1.807, 2.05) is 0 Å². The van der Waals surface area contributed by atoms with Crippen molar-refractivity contribution in [3.05, 3.63) is 40.0 Å². The minimum Gasteiger partial charge on any atom is -0.369 e. The predicted octanol–water partition coefficient (Wildman–Crippen LogP) is 4.24. The molecule has 2 nitrogen and oxygen atoms in total. The Labute approximate surface area is 133 Å². The lowest BCUT2D eigenvalue weighted by Crippen LogP contribution is -2.47. The summed E-state index contributed by atoms with van der Waals surface area (Å²) in [4.78, 5) is 12.2. The summed E-state index contributed by atoms with van der Waals surface area (Å²) in [6, 6.07) is 4.59. The van der Waals surface area contributed by atoms with Gasteiger partial charge in [-0.15, -0.1) is 0 Å². The van der Waals surface area contributed by atoms with Crippen LogP contribution in [0.3, 0.4) is 0 Å². The van der Waals surface area contributed by atoms with Crippen LogP contribution in [0.2, 0.25) is 0 Å². The van der Waals surface area contributed by atoms with Crippen LogP contribution in [-0.2, 0) is 22.0 Å². The van der Waals surface area contributed by atoms with E-state index in [2.05, 4.69) is 45.9 Å². The number of hydrogen-bond donors (Lipinski definition) is 1. The van der Waals surface area contributed by atoms with E-state index >= 15 is 0 Å². The molecule has 0 aliphatic heterocycles. The van der Waals surface area contributed by atoms with Gasteiger partial charge in [-0.2, -0.15) is 0 Å². The molecular formula is C20H27NO. The van der Waals surface area contributed by atoms with Gasteiger partial charge >= 0.3 is 0 Å². The molecule has 118 valence electrons. The lowest BCUT2D eigenvalue weighted by molar-refractivity contribution is -0.126. The fraction of sp³-hybridized carbons (Fsp3) is 0.550. The van der Waals surface area contributed by atoms with Crippen molar-refractivity contribution in [2.75, 3.05) is 0 Å². The smallest absolute Gasteiger partial charge is 0.228 e. The van der Waals surface area contributed by atoms with Crippen molar-refractivity contribution in [1.29, 1.82) is 0 Å². The van der Waals surface area contributed by atoms with E-state index in [0.717, 1.165) is 32.1 Å². The molecule has 22 heavy (non-hydrogen) atoms. The predicted molar refractivity (Wildman–Crippen MR) is 91.8 cm³/mol. The number of carbonyl (C=O) groups is 1. The molecule has 0 saturated heterocycles. The van der Waals surface area contributed by atoms with Crippen molar-refractivity contribution >= 4 is 12.0 Å². The molecule has 0 spiro atoms. The Morgan fingerprint density at radius 1 is 1.27 bits per heavy atom. The van der Waals surface area contributed by atoms with Crippen molar-refractivity contribution in [3.63, 3.8) is 0 Å². The summed E-state index contributed by atoms with van der Waals surface area (Å²) in [6.07, 6.45) is 7.30. The van der Waals surface area contributed by atoms with Crippen LogP contribution in [0.1, 0.15) is 75.6 Å². The van der Waals surface area contributed by atoms with Gasteiger partial charge in [0.1, 0.15) is 0 Å². The van der Waals surface area contributed by atoms with E-state index in [0.29, 0.717) is 0 Å². The van der Waals surface area contributed by atoms with Crippen LogP contribution in [0.25, 0.3) is 6.08 Å². The normalized spacial score (nSPS) is 19.4. The number of carbonyl (C=O) groups excluding carboxylic acids is 1. The first-order chi connectivity index (χ1) is 10.3. The first kappa shape index (κ1) is 15.3. The SMILES string of the molecule is CCC1=Cc2cc(C(C)(C)C)cc(C3(C(N)=O)CCC3)c2C1. The standard InChI is InChI=1S/C20H27NO/c1-5-13-9-14-11-15(19(2,3)4)12-17(16(14)10-13)20(18(21)22)7-6-8-20/h9,11-12H,5-8,10H2,1-4H3,(H2,21,22). The van der Waals surface area contributed by atoms with Crippen LogP contribution in [0.4, 0.5) is 0 Å². The highest BCUT2D eigenvalue weighted by Gasteiger charge is 2.46. The summed E-state index contributed by atoms with van der Waals surface area (Å²) >= 11 is 0. The third kappa shape index (κ3) is 2.20. The van der Waals surface area contributed by atoms with Gasteiger partial charge in [0, 0.05) is 0 Å². The molecule has 2 aliphatic rings. The van der Waals surface area contributed by atoms with Crippen LogP contribution in [0, 0.1) is 0 Å². The third-order valence-corrected chi connectivity index (χ3v) is 5.56. The third-order valence-electron chi connectivity index (χ3n) is 5.56. The van der Waals surface area contributed by atoms with Crippen LogP contribution in [0.5, 0.6) is 0 Å². The Kier molecular flexibility index (Phi) is 3.47. The average Bonchev–Trinajstić information content (AvgIpc) is 2.78. The lowest BCUT2D eigenvalue weighted by atomic mass is 9.61. The highest BCUT2D eigenvalue weighted by Crippen LogP contribution is 2.48. The first-order valence-corrected chi connectivity index (χ1v) is 8.45. The van der Waals surface area contributed by atoms with Gasteiger partial charge in [-0.25, -0.2) is 0 Å². The van der Waals surface area contributed by atoms with Gasteiger partial charge in [-0.1, -0.05) is 57.9 Å². The molecule has 1 saturated carbocycles. The van der Waals surface area contributed by atoms with E-state index in [4.69, 9.17) is 5.73 Å². The second-order valence-corrected chi connectivity index (χ2v) is 7.97. The number of primary amides is 1. The Bertz CT molecular complexity index is 657. The molecule has 1 amide bonds. The lowest BCUT2D eigenvalue weighted by Gasteiger charge is -2.41. The Morgan fingerprint density at radius 2 is 1.95 bits per heavy atom. The number of rotatable bonds is 3. The molecule has 0 atom stereocenters. The monoisotopic (exact) mass is 297 g/mol. The average molecular weight is 297 g/mol. The van der Waals surface area contributed by atoms with Crippen LogP contribution in [0.15, 0.2) is 17.7 Å². The molecule has 0 bridgehead atoms. The Balaban J connectivity index is 2.20. The molecule has 2 heteroatoms. The summed E-state index contributed by atoms with van der Waals surface area (Å²) in [5, 5.41) is 0. The molecule has 0 heterocycles. The second kappa shape index (κ2) is 4.97. The van der Waals surface area contributed by atoms with E-state index in [-0.39, 0.29) is 11.3 Å². The van der Waals surface area contributed by atoms with Crippen molar-refractivity contribution in [1.82, 2.24) is 0 Å². The summed E-state index contributed by atoms with van der Waals surface area (Å²) in [6.45, 7) is 8.90. The number of allylic oxidation sites excluding steroid dienone is 1. The van der Waals surface area contributed by atoms with Gasteiger partial charge in [0.25, 0.3) is 0 Å². The number of benzene rings is 1. The molecule has 1 aromatic rings. The number of amides is 1. The Morgan fingerprint density at radius 3 is 2.41 bits per heavy atom. The minimum absolute atomic E-state index is 0.0785. The molecule has 0 aromatic heterocycles. The molecule has 1 aromatic carbocycles. The van der Waals surface area contributed by atoms with Crippen molar-refractivity contribution in [2.45, 2.75) is 70.6 Å². The molecule has 2 aliphatic carbocycles. The zero-order chi connectivity index (χ0) is 16.1. The molecule has 0 radical (unpaired) electrons. The van der Waals surface area contributed by atoms with E-state index < -0.39 is 5.41 Å². The largest absolute Gasteiger partial charge is 0.369 e. The van der Waals surface area contributed by atoms with E-state index in [1.54, 1.807) is 0 Å². The van der Waals surface area contributed by atoms with Gasteiger partial charge in [-0.3, -0.25) is 4.79 Å². The topological polar surface area (TPSA) is 43.1 Å². The highest BCUT2D eigenvalue weighted by atomic mass is 16.1. The fourth-order valence-corrected chi connectivity index (χ4v) is 3.78. The molecule has 0 unspecified atom stereocenters. The summed E-state index contributed by atoms with van der Waals surface area (Å²) in [7, 11) is 0. The van der Waals surface area contributed by atoms with Gasteiger partial charge in [0.15, 0.2) is 0 Å². The van der Waals surface area contributed by atoms with Gasteiger partial charge in [0.05, 0.1) is 5.41 Å². The van der Waals surface area contributed by atoms with Crippen LogP contribution >= 0.6 is 0 Å². The number of hydrogen-bond acceptors (Lipinski definition) is 1. The van der Waals surface area contributed by atoms with Crippen molar-refractivity contribution in [3.8, 4) is 0 Å². The van der Waals surface area contributed by atoms with E-state index in [9.17, 15) is 4.79 Å². The van der Waals surface area contributed by atoms with Crippen molar-refractivity contribution in [2.24, 2.45) is 5.73 Å². The number of nitrogens with two attached hydrogens (primary N) is 1. The zero-order valence-corrected chi connectivity index (χ0v) is 14.3. The maximum Gasteiger partial charge on any atom is 0.228 e. The van der Waals surface area contributed by atoms with Gasteiger partial charge < -0.3 is 5.73 Å². The van der Waals surface area contributed by atoms with Gasteiger partial charge in [0.2, 0.25) is 5.91 Å². The quantitative estimate of drug-likeness (QED) is 0.891. The second-order valence-electron chi connectivity index (χ2n) is 7.97. The summed E-state index contributed by atoms with van der Waals surface area (Å²) in [5.41, 5.74) is 12.1. The highest BCUT2D eigenvalue weighted by molar-refractivity contribution is 5.89. The number of fused-ring (bicyclic) bond motifs is 1. The Hall–Kier alpha value is -1.57. The molecule has 3 rings (SSSR count). The molecular weight excluding hydrogens is 270 g/mol. The van der Waals surface area contributed by atoms with Crippen molar-refractivity contribution < 1.29 is 4.79 Å². The van der Waals surface area contributed by atoms with Gasteiger partial charge in [-0.05, 0) is 53.4 Å².